The monoisotopic (exact) mass is 248 g/mol. The first kappa shape index (κ1) is 12.3. The Morgan fingerprint density at radius 3 is 2.73 bits per heavy atom. The van der Waals surface area contributed by atoms with Gasteiger partial charge in [0.25, 0.3) is 5.24 Å². The first-order valence-electron chi connectivity index (χ1n) is 4.20. The number of carbonyl (C=O) groups is 1. The van der Waals surface area contributed by atoms with E-state index in [9.17, 15) is 9.90 Å². The molecule has 0 aliphatic carbocycles. The van der Waals surface area contributed by atoms with Crippen LogP contribution in [0.15, 0.2) is 18.2 Å². The van der Waals surface area contributed by atoms with Crippen LogP contribution in [0.2, 0.25) is 0 Å². The molecule has 1 rings (SSSR count). The first-order chi connectivity index (χ1) is 7.10. The minimum absolute atomic E-state index is 0.174. The number of alkyl halides is 1. The smallest absolute Gasteiger partial charge is 0.254 e. The molecule has 0 amide bonds. The number of hydrogen-bond donors (Lipinski definition) is 1. The molecule has 0 bridgehead atoms. The molecule has 15 heavy (non-hydrogen) atoms. The fourth-order valence-electron chi connectivity index (χ4n) is 1.21. The number of rotatable bonds is 4. The Labute approximate surface area is 97.6 Å². The lowest BCUT2D eigenvalue weighted by molar-refractivity contribution is -0.119. The third-order valence-corrected chi connectivity index (χ3v) is 2.50. The van der Waals surface area contributed by atoms with Gasteiger partial charge in [-0.25, -0.2) is 0 Å². The number of hydrogen-bond acceptors (Lipinski definition) is 3. The summed E-state index contributed by atoms with van der Waals surface area (Å²) in [5, 5.41) is 8.67. The highest BCUT2D eigenvalue weighted by Gasteiger charge is 2.18. The zero-order valence-electron chi connectivity index (χ0n) is 8.04. The fraction of sp³-hybridized carbons (Fsp3) is 0.300. The van der Waals surface area contributed by atoms with Gasteiger partial charge >= 0.3 is 0 Å². The van der Waals surface area contributed by atoms with Crippen molar-refractivity contribution in [2.75, 3.05) is 7.11 Å². The van der Waals surface area contributed by atoms with Gasteiger partial charge in [-0.1, -0.05) is 6.07 Å². The fourth-order valence-corrected chi connectivity index (χ4v) is 1.56. The third-order valence-electron chi connectivity index (χ3n) is 2.00. The normalized spacial score (nSPS) is 12.3. The molecule has 1 aromatic rings. The molecule has 1 N–H and O–H groups in total. The van der Waals surface area contributed by atoms with Gasteiger partial charge in [-0.2, -0.15) is 0 Å². The van der Waals surface area contributed by atoms with Crippen molar-refractivity contribution >= 4 is 28.4 Å². The molecular weight excluding hydrogens is 239 g/mol. The Kier molecular flexibility index (Phi) is 4.39. The molecule has 1 atom stereocenters. The summed E-state index contributed by atoms with van der Waals surface area (Å²) in [4.78, 5) is 10.8. The van der Waals surface area contributed by atoms with Crippen molar-refractivity contribution in [3.63, 3.8) is 0 Å². The van der Waals surface area contributed by atoms with Crippen LogP contribution in [0.3, 0.4) is 0 Å². The third kappa shape index (κ3) is 2.84. The maximum Gasteiger partial charge on any atom is 0.254 e. The van der Waals surface area contributed by atoms with Gasteiger partial charge in [0.1, 0.15) is 5.75 Å². The number of methoxy groups -OCH3 is 1. The Morgan fingerprint density at radius 1 is 1.60 bits per heavy atom. The van der Waals surface area contributed by atoms with Crippen LogP contribution in [0.4, 0.5) is 0 Å². The summed E-state index contributed by atoms with van der Waals surface area (Å²) in [5.74, 6) is 0.789. The minimum Gasteiger partial charge on any atom is -0.497 e. The molecule has 0 fully saturated rings. The number of aliphatic hydroxyl groups is 1. The predicted molar refractivity (Wildman–Crippen MR) is 58.4 cm³/mol. The topological polar surface area (TPSA) is 46.5 Å². The first-order valence-corrected chi connectivity index (χ1v) is 5.11. The van der Waals surface area contributed by atoms with Gasteiger partial charge in [0.15, 0.2) is 6.10 Å². The lowest BCUT2D eigenvalue weighted by Gasteiger charge is -2.11. The van der Waals surface area contributed by atoms with E-state index in [1.807, 2.05) is 0 Å². The van der Waals surface area contributed by atoms with Crippen LogP contribution in [0, 0.1) is 0 Å². The van der Waals surface area contributed by atoms with Gasteiger partial charge in [-0.3, -0.25) is 4.79 Å². The molecule has 0 saturated heterocycles. The maximum absolute atomic E-state index is 10.8. The number of aliphatic hydroxyl groups excluding tert-OH is 1. The van der Waals surface area contributed by atoms with Gasteiger partial charge in [0.05, 0.1) is 7.11 Å². The van der Waals surface area contributed by atoms with Crippen molar-refractivity contribution in [3.8, 4) is 5.75 Å². The Morgan fingerprint density at radius 2 is 2.27 bits per heavy atom. The van der Waals surface area contributed by atoms with Crippen LogP contribution in [0.5, 0.6) is 5.75 Å². The summed E-state index contributed by atoms with van der Waals surface area (Å²) in [5.41, 5.74) is 1.03. The van der Waals surface area contributed by atoms with Crippen molar-refractivity contribution in [2.45, 2.75) is 12.0 Å². The molecule has 0 spiro atoms. The lowest BCUT2D eigenvalue weighted by Crippen LogP contribution is -2.08. The molecule has 1 unspecified atom stereocenters. The van der Waals surface area contributed by atoms with Crippen molar-refractivity contribution in [1.82, 2.24) is 0 Å². The van der Waals surface area contributed by atoms with Crippen LogP contribution in [0.1, 0.15) is 17.2 Å². The van der Waals surface area contributed by atoms with Crippen molar-refractivity contribution in [2.24, 2.45) is 0 Å². The van der Waals surface area contributed by atoms with Crippen molar-refractivity contribution in [1.29, 1.82) is 0 Å². The number of benzene rings is 1. The van der Waals surface area contributed by atoms with Crippen molar-refractivity contribution in [3.05, 3.63) is 29.3 Å². The molecule has 0 aromatic heterocycles. The standard InChI is InChI=1S/C10H10Cl2O3/c1-15-7-2-3-8(6(4-7)5-11)9(13)10(12)14/h2-4,9,13H,5H2,1H3. The van der Waals surface area contributed by atoms with E-state index in [1.54, 1.807) is 18.2 Å². The maximum atomic E-state index is 10.8. The molecule has 0 aliphatic heterocycles. The Balaban J connectivity index is 3.12. The molecule has 5 heteroatoms. The van der Waals surface area contributed by atoms with Crippen LogP contribution < -0.4 is 4.74 Å². The molecule has 3 nitrogen and oxygen atoms in total. The molecule has 0 saturated carbocycles. The molecule has 0 aliphatic rings. The van der Waals surface area contributed by atoms with E-state index in [4.69, 9.17) is 27.9 Å². The zero-order chi connectivity index (χ0) is 11.4. The largest absolute Gasteiger partial charge is 0.497 e. The summed E-state index contributed by atoms with van der Waals surface area (Å²) < 4.78 is 4.99. The summed E-state index contributed by atoms with van der Waals surface area (Å²) in [6, 6.07) is 4.86. The molecule has 1 aromatic carbocycles. The average Bonchev–Trinajstić information content (AvgIpc) is 2.27. The molecule has 82 valence electrons. The SMILES string of the molecule is COc1ccc(C(O)C(=O)Cl)c(CCl)c1. The van der Waals surface area contributed by atoms with Crippen LogP contribution >= 0.6 is 23.2 Å². The van der Waals surface area contributed by atoms with E-state index in [1.165, 1.54) is 7.11 Å². The molecular formula is C10H10Cl2O3. The van der Waals surface area contributed by atoms with Crippen molar-refractivity contribution < 1.29 is 14.6 Å². The summed E-state index contributed by atoms with van der Waals surface area (Å²) in [7, 11) is 1.52. The number of carbonyl (C=O) groups excluding carboxylic acids is 1. The summed E-state index contributed by atoms with van der Waals surface area (Å²) >= 11 is 10.9. The quantitative estimate of drug-likeness (QED) is 0.657. The highest BCUT2D eigenvalue weighted by Crippen LogP contribution is 2.25. The molecule has 0 radical (unpaired) electrons. The summed E-state index contributed by atoms with van der Waals surface area (Å²) in [6.07, 6.45) is -1.34. The zero-order valence-corrected chi connectivity index (χ0v) is 9.55. The van der Waals surface area contributed by atoms with E-state index in [-0.39, 0.29) is 5.88 Å². The summed E-state index contributed by atoms with van der Waals surface area (Å²) in [6.45, 7) is 0. The predicted octanol–water partition coefficient (Wildman–Crippen LogP) is 2.23. The number of ether oxygens (including phenoxy) is 1. The molecule has 0 heterocycles. The van der Waals surface area contributed by atoms with Gasteiger partial charge in [0.2, 0.25) is 0 Å². The van der Waals surface area contributed by atoms with Crippen LogP contribution in [-0.4, -0.2) is 17.5 Å². The second-order valence-electron chi connectivity index (χ2n) is 2.91. The van der Waals surface area contributed by atoms with Gasteiger partial charge in [-0.05, 0) is 34.9 Å². The van der Waals surface area contributed by atoms with E-state index in [2.05, 4.69) is 0 Å². The highest BCUT2D eigenvalue weighted by molar-refractivity contribution is 6.64. The van der Waals surface area contributed by atoms with Crippen LogP contribution in [0.25, 0.3) is 0 Å². The van der Waals surface area contributed by atoms with Gasteiger partial charge in [-0.15, -0.1) is 11.6 Å². The second kappa shape index (κ2) is 5.35. The van der Waals surface area contributed by atoms with E-state index in [0.717, 1.165) is 0 Å². The number of halogens is 2. The Bertz CT molecular complexity index is 366. The second-order valence-corrected chi connectivity index (χ2v) is 3.54. The Hall–Kier alpha value is -0.770. The van der Waals surface area contributed by atoms with Crippen LogP contribution in [-0.2, 0) is 10.7 Å². The van der Waals surface area contributed by atoms with E-state index >= 15 is 0 Å². The minimum atomic E-state index is -1.34. The van der Waals surface area contributed by atoms with Gasteiger partial charge in [0, 0.05) is 5.88 Å². The highest BCUT2D eigenvalue weighted by atomic mass is 35.5. The average molecular weight is 249 g/mol. The van der Waals surface area contributed by atoms with E-state index < -0.39 is 11.3 Å². The van der Waals surface area contributed by atoms with Gasteiger partial charge < -0.3 is 9.84 Å². The lowest BCUT2D eigenvalue weighted by atomic mass is 10.0. The van der Waals surface area contributed by atoms with E-state index in [0.29, 0.717) is 16.9 Å².